The van der Waals surface area contributed by atoms with Crippen molar-refractivity contribution in [3.05, 3.63) is 77.9 Å². The van der Waals surface area contributed by atoms with Gasteiger partial charge in [0.25, 0.3) is 5.91 Å². The minimum atomic E-state index is -0.941. The molecule has 0 saturated carbocycles. The molecule has 1 aliphatic rings. The molecule has 1 aliphatic heterocycles. The topological polar surface area (TPSA) is 58.6 Å². The van der Waals surface area contributed by atoms with Gasteiger partial charge in [-0.05, 0) is 48.9 Å². The molecule has 0 aliphatic carbocycles. The van der Waals surface area contributed by atoms with Gasteiger partial charge < -0.3 is 10.1 Å². The molecule has 1 saturated heterocycles. The van der Waals surface area contributed by atoms with E-state index in [1.807, 2.05) is 14.0 Å². The molecule has 0 bridgehead atoms. The lowest BCUT2D eigenvalue weighted by Gasteiger charge is -2.45. The molecule has 3 atom stereocenters. The number of benzene rings is 2. The van der Waals surface area contributed by atoms with Crippen LogP contribution in [0.15, 0.2) is 55.1 Å². The third kappa shape index (κ3) is 5.46. The lowest BCUT2D eigenvalue weighted by atomic mass is 10.1. The number of halogens is 2. The van der Waals surface area contributed by atoms with Crippen LogP contribution in [0.3, 0.4) is 0 Å². The highest BCUT2D eigenvalue weighted by Crippen LogP contribution is 2.27. The minimum Gasteiger partial charge on any atom is -0.484 e. The second-order valence-corrected chi connectivity index (χ2v) is 8.53. The van der Waals surface area contributed by atoms with Crippen LogP contribution in [0.1, 0.15) is 28.9 Å². The highest BCUT2D eigenvalue weighted by Gasteiger charge is 2.41. The first kappa shape index (κ1) is 24.5. The van der Waals surface area contributed by atoms with E-state index in [9.17, 15) is 18.4 Å². The maximum absolute atomic E-state index is 14.0. The number of amides is 2. The molecule has 1 unspecified atom stereocenters. The highest BCUT2D eigenvalue weighted by atomic mass is 19.2. The Hall–Kier alpha value is -3.10. The lowest BCUT2D eigenvalue weighted by molar-refractivity contribution is -0.861. The van der Waals surface area contributed by atoms with Crippen LogP contribution < -0.4 is 10.1 Å². The lowest BCUT2D eigenvalue weighted by Crippen LogP contribution is -2.65. The van der Waals surface area contributed by atoms with Crippen LogP contribution in [0.5, 0.6) is 5.75 Å². The molecule has 176 valence electrons. The fourth-order valence-electron chi connectivity index (χ4n) is 4.07. The first-order valence-corrected chi connectivity index (χ1v) is 10.9. The molecule has 3 rings (SSSR count). The second kappa shape index (κ2) is 10.2. The average Bonchev–Trinajstić information content (AvgIpc) is 2.82. The number of hydrogen-bond acceptors (Lipinski definition) is 4. The van der Waals surface area contributed by atoms with Crippen LogP contribution in [0.4, 0.5) is 8.78 Å². The zero-order chi connectivity index (χ0) is 24.2. The summed E-state index contributed by atoms with van der Waals surface area (Å²) in [5.74, 6) is -1.59. The summed E-state index contributed by atoms with van der Waals surface area (Å²) >= 11 is 0. The molecule has 33 heavy (non-hydrogen) atoms. The summed E-state index contributed by atoms with van der Waals surface area (Å²) in [4.78, 5) is 26.3. The number of ether oxygens (including phenoxy) is 1. The third-order valence-corrected chi connectivity index (χ3v) is 6.42. The van der Waals surface area contributed by atoms with Crippen LogP contribution in [0.25, 0.3) is 0 Å². The normalized spacial score (nSPS) is 21.8. The van der Waals surface area contributed by atoms with Gasteiger partial charge in [-0.2, -0.15) is 0 Å². The Morgan fingerprint density at radius 2 is 1.94 bits per heavy atom. The van der Waals surface area contributed by atoms with E-state index in [2.05, 4.69) is 16.8 Å². The van der Waals surface area contributed by atoms with Gasteiger partial charge in [0.05, 0.1) is 20.1 Å². The summed E-state index contributed by atoms with van der Waals surface area (Å²) in [5.41, 5.74) is 0.991. The van der Waals surface area contributed by atoms with Gasteiger partial charge in [-0.1, -0.05) is 12.6 Å². The van der Waals surface area contributed by atoms with E-state index >= 15 is 0 Å². The van der Waals surface area contributed by atoms with Gasteiger partial charge in [0.15, 0.2) is 11.6 Å². The van der Waals surface area contributed by atoms with Crippen molar-refractivity contribution >= 4 is 11.8 Å². The van der Waals surface area contributed by atoms with Gasteiger partial charge in [0.2, 0.25) is 0 Å². The zero-order valence-corrected chi connectivity index (χ0v) is 19.2. The second-order valence-electron chi connectivity index (χ2n) is 8.53. The fourth-order valence-corrected chi connectivity index (χ4v) is 4.07. The largest absolute Gasteiger partial charge is 0.484 e. The summed E-state index contributed by atoms with van der Waals surface area (Å²) in [6.45, 7) is 7.94. The first-order chi connectivity index (χ1) is 15.7. The molecule has 2 aromatic carbocycles. The van der Waals surface area contributed by atoms with Gasteiger partial charge in [-0.15, -0.1) is 0 Å². The summed E-state index contributed by atoms with van der Waals surface area (Å²) in [6.07, 6.45) is 0.784. The molecular formula is C25H30F2N3O3+. The van der Waals surface area contributed by atoms with Crippen molar-refractivity contribution in [2.45, 2.75) is 19.1 Å². The third-order valence-electron chi connectivity index (χ3n) is 6.42. The molecule has 2 aromatic rings. The standard InChI is InChI=1S/C25H29F2N3O3/c1-5-24(31)30(4)13-12-29(15-17(30)2)16-23(19-8-11-21(26)22(27)14-19)33-20-9-6-18(7-10-20)25(32)28-3/h5-11,14,17,23H,1,12-13,15-16H2,2-4H3/p+1/t17-,23+,30?/m1/s1. The molecule has 6 nitrogen and oxygen atoms in total. The van der Waals surface area contributed by atoms with Crippen molar-refractivity contribution in [2.24, 2.45) is 0 Å². The van der Waals surface area contributed by atoms with Crippen molar-refractivity contribution in [3.8, 4) is 5.75 Å². The number of likely N-dealkylation sites (N-methyl/N-ethyl adjacent to an activating group) is 1. The molecule has 1 heterocycles. The van der Waals surface area contributed by atoms with Crippen LogP contribution in [0.2, 0.25) is 0 Å². The average molecular weight is 459 g/mol. The predicted octanol–water partition coefficient (Wildman–Crippen LogP) is 3.31. The Balaban J connectivity index is 1.81. The Morgan fingerprint density at radius 3 is 2.52 bits per heavy atom. The molecule has 1 fully saturated rings. The van der Waals surface area contributed by atoms with Gasteiger partial charge >= 0.3 is 5.91 Å². The summed E-state index contributed by atoms with van der Waals surface area (Å²) in [7, 11) is 3.46. The fraction of sp³-hybridized carbons (Fsp3) is 0.360. The smallest absolute Gasteiger partial charge is 0.338 e. The Labute approximate surface area is 193 Å². The van der Waals surface area contributed by atoms with Crippen molar-refractivity contribution < 1.29 is 27.6 Å². The number of quaternary nitrogens is 1. The van der Waals surface area contributed by atoms with Gasteiger partial charge in [-0.25, -0.2) is 13.6 Å². The first-order valence-electron chi connectivity index (χ1n) is 10.9. The van der Waals surface area contributed by atoms with Crippen LogP contribution in [-0.2, 0) is 4.79 Å². The molecule has 0 spiro atoms. The van der Waals surface area contributed by atoms with Crippen molar-refractivity contribution in [1.82, 2.24) is 10.2 Å². The molecule has 8 heteroatoms. The molecule has 0 aromatic heterocycles. The molecule has 1 N–H and O–H groups in total. The van der Waals surface area contributed by atoms with Crippen molar-refractivity contribution in [3.63, 3.8) is 0 Å². The van der Waals surface area contributed by atoms with Crippen LogP contribution >= 0.6 is 0 Å². The number of carbonyl (C=O) groups excluding carboxylic acids is 2. The SMILES string of the molecule is C=CC(=O)[N+]1(C)CCN(C[C@H](Oc2ccc(C(=O)NC)cc2)c2ccc(F)c(F)c2)C[C@H]1C. The van der Waals surface area contributed by atoms with Gasteiger partial charge in [-0.3, -0.25) is 14.2 Å². The maximum atomic E-state index is 14.0. The molecule has 2 amide bonds. The van der Waals surface area contributed by atoms with Crippen LogP contribution in [0, 0.1) is 11.6 Å². The number of nitrogens with one attached hydrogen (secondary N) is 1. The Bertz CT molecular complexity index is 1030. The van der Waals surface area contributed by atoms with E-state index in [0.29, 0.717) is 43.1 Å². The summed E-state index contributed by atoms with van der Waals surface area (Å²) < 4.78 is 34.0. The van der Waals surface area contributed by atoms with E-state index in [1.54, 1.807) is 31.3 Å². The summed E-state index contributed by atoms with van der Waals surface area (Å²) in [6, 6.07) is 10.4. The van der Waals surface area contributed by atoms with E-state index in [-0.39, 0.29) is 22.3 Å². The monoisotopic (exact) mass is 458 g/mol. The van der Waals surface area contributed by atoms with E-state index in [1.165, 1.54) is 12.1 Å². The molecule has 0 radical (unpaired) electrons. The predicted molar refractivity (Wildman–Crippen MR) is 122 cm³/mol. The Kier molecular flexibility index (Phi) is 7.61. The number of hydrogen-bond donors (Lipinski definition) is 1. The number of nitrogens with zero attached hydrogens (tertiary/aromatic N) is 2. The van der Waals surface area contributed by atoms with E-state index in [4.69, 9.17) is 4.74 Å². The quantitative estimate of drug-likeness (QED) is 0.511. The van der Waals surface area contributed by atoms with Crippen molar-refractivity contribution in [2.75, 3.05) is 40.3 Å². The highest BCUT2D eigenvalue weighted by molar-refractivity contribution is 5.94. The number of rotatable bonds is 7. The maximum Gasteiger partial charge on any atom is 0.338 e. The number of carbonyl (C=O) groups is 2. The van der Waals surface area contributed by atoms with Crippen molar-refractivity contribution in [1.29, 1.82) is 0 Å². The van der Waals surface area contributed by atoms with Gasteiger partial charge in [0, 0.05) is 31.8 Å². The molecular weight excluding hydrogens is 428 g/mol. The number of piperazine rings is 1. The Morgan fingerprint density at radius 1 is 1.24 bits per heavy atom. The van der Waals surface area contributed by atoms with Crippen LogP contribution in [-0.4, -0.2) is 67.5 Å². The summed E-state index contributed by atoms with van der Waals surface area (Å²) in [5, 5.41) is 2.56. The van der Waals surface area contributed by atoms with E-state index in [0.717, 1.165) is 12.1 Å². The van der Waals surface area contributed by atoms with Gasteiger partial charge in [0.1, 0.15) is 17.9 Å². The zero-order valence-electron chi connectivity index (χ0n) is 19.2. The van der Waals surface area contributed by atoms with E-state index < -0.39 is 17.7 Å². The minimum absolute atomic E-state index is 0.0215.